The largest absolute Gasteiger partial charge is 0.495 e. The van der Waals surface area contributed by atoms with Crippen molar-refractivity contribution in [3.8, 4) is 5.75 Å². The number of methoxy groups -OCH3 is 1. The molecule has 4 unspecified atom stereocenters. The average molecular weight is 305 g/mol. The molecule has 4 atom stereocenters. The first kappa shape index (κ1) is 14.8. The highest BCUT2D eigenvalue weighted by atomic mass is 16.5. The Morgan fingerprint density at radius 2 is 1.95 bits per heavy atom. The number of hydrogen-bond acceptors (Lipinski definition) is 4. The van der Waals surface area contributed by atoms with Gasteiger partial charge in [0.1, 0.15) is 5.75 Å². The number of anilines is 1. The van der Waals surface area contributed by atoms with Crippen molar-refractivity contribution in [1.82, 2.24) is 0 Å². The molecule has 0 radical (unpaired) electrons. The van der Waals surface area contributed by atoms with Crippen LogP contribution >= 0.6 is 0 Å². The van der Waals surface area contributed by atoms with Gasteiger partial charge < -0.3 is 19.9 Å². The highest BCUT2D eigenvalue weighted by Crippen LogP contribution is 2.44. The van der Waals surface area contributed by atoms with Gasteiger partial charge in [-0.2, -0.15) is 0 Å². The zero-order valence-electron chi connectivity index (χ0n) is 12.5. The Kier molecular flexibility index (Phi) is 3.78. The zero-order valence-corrected chi connectivity index (χ0v) is 12.5. The van der Waals surface area contributed by atoms with Gasteiger partial charge in [-0.25, -0.2) is 0 Å². The lowest BCUT2D eigenvalue weighted by Crippen LogP contribution is -2.41. The molecule has 6 nitrogen and oxygen atoms in total. The van der Waals surface area contributed by atoms with Crippen molar-refractivity contribution in [2.45, 2.75) is 32.0 Å². The smallest absolute Gasteiger partial charge is 0.310 e. The molecule has 0 aromatic heterocycles. The molecule has 2 aliphatic rings. The Morgan fingerprint density at radius 3 is 2.59 bits per heavy atom. The molecule has 2 heterocycles. The molecule has 2 bridgehead atoms. The molecule has 1 aromatic carbocycles. The first-order valence-electron chi connectivity index (χ1n) is 7.35. The normalized spacial score (nSPS) is 29.4. The van der Waals surface area contributed by atoms with Gasteiger partial charge in [0.15, 0.2) is 0 Å². The summed E-state index contributed by atoms with van der Waals surface area (Å²) in [4.78, 5) is 24.0. The van der Waals surface area contributed by atoms with E-state index in [1.165, 1.54) is 7.11 Å². The second kappa shape index (κ2) is 5.61. The summed E-state index contributed by atoms with van der Waals surface area (Å²) in [7, 11) is 1.53. The number of aliphatic carboxylic acids is 1. The Hall–Kier alpha value is -2.08. The average Bonchev–Trinajstić information content (AvgIpc) is 3.08. The van der Waals surface area contributed by atoms with E-state index in [4.69, 9.17) is 9.47 Å². The Bertz CT molecular complexity index is 615. The number of benzene rings is 1. The molecule has 2 N–H and O–H groups in total. The van der Waals surface area contributed by atoms with Crippen LogP contribution in [0.1, 0.15) is 18.4 Å². The van der Waals surface area contributed by atoms with E-state index in [1.54, 1.807) is 12.1 Å². The van der Waals surface area contributed by atoms with Crippen LogP contribution < -0.4 is 10.1 Å². The monoisotopic (exact) mass is 305 g/mol. The van der Waals surface area contributed by atoms with E-state index in [-0.39, 0.29) is 18.1 Å². The summed E-state index contributed by atoms with van der Waals surface area (Å²) in [6.45, 7) is 1.91. The van der Waals surface area contributed by atoms with Gasteiger partial charge in [0.25, 0.3) is 0 Å². The number of carboxylic acid groups (broad SMARTS) is 1. The SMILES string of the molecule is COc1ccc(C)cc1NC(=O)C1C2CCC(O2)C1C(=O)O. The number of carbonyl (C=O) groups is 2. The van der Waals surface area contributed by atoms with Crippen LogP contribution in [0.3, 0.4) is 0 Å². The summed E-state index contributed by atoms with van der Waals surface area (Å²) >= 11 is 0. The van der Waals surface area contributed by atoms with Gasteiger partial charge in [0.05, 0.1) is 36.8 Å². The van der Waals surface area contributed by atoms with Crippen molar-refractivity contribution in [2.75, 3.05) is 12.4 Å². The minimum Gasteiger partial charge on any atom is -0.495 e. The highest BCUT2D eigenvalue weighted by molar-refractivity contribution is 5.97. The molecule has 1 aromatic rings. The molecule has 118 valence electrons. The minimum absolute atomic E-state index is 0.304. The highest BCUT2D eigenvalue weighted by Gasteiger charge is 2.55. The Balaban J connectivity index is 1.82. The molecule has 1 amide bonds. The van der Waals surface area contributed by atoms with Gasteiger partial charge in [-0.3, -0.25) is 9.59 Å². The Morgan fingerprint density at radius 1 is 1.27 bits per heavy atom. The van der Waals surface area contributed by atoms with E-state index in [1.807, 2.05) is 13.0 Å². The predicted molar refractivity (Wildman–Crippen MR) is 78.9 cm³/mol. The molecule has 2 aliphatic heterocycles. The van der Waals surface area contributed by atoms with Gasteiger partial charge in [-0.15, -0.1) is 0 Å². The zero-order chi connectivity index (χ0) is 15.9. The van der Waals surface area contributed by atoms with Crippen LogP contribution in [-0.4, -0.2) is 36.3 Å². The number of carbonyl (C=O) groups excluding carboxylic acids is 1. The molecule has 0 aliphatic carbocycles. The van der Waals surface area contributed by atoms with Gasteiger partial charge >= 0.3 is 5.97 Å². The first-order valence-corrected chi connectivity index (χ1v) is 7.35. The van der Waals surface area contributed by atoms with E-state index in [0.717, 1.165) is 12.0 Å². The van der Waals surface area contributed by atoms with Gasteiger partial charge in [-0.05, 0) is 37.5 Å². The lowest BCUT2D eigenvalue weighted by Gasteiger charge is -2.24. The molecule has 2 saturated heterocycles. The van der Waals surface area contributed by atoms with Crippen molar-refractivity contribution < 1.29 is 24.2 Å². The van der Waals surface area contributed by atoms with Crippen LogP contribution in [0.2, 0.25) is 0 Å². The van der Waals surface area contributed by atoms with E-state index in [2.05, 4.69) is 5.32 Å². The lowest BCUT2D eigenvalue weighted by molar-refractivity contribution is -0.147. The maximum Gasteiger partial charge on any atom is 0.310 e. The maximum atomic E-state index is 12.6. The summed E-state index contributed by atoms with van der Waals surface area (Å²) in [5.74, 6) is -2.15. The second-order valence-electron chi connectivity index (χ2n) is 5.87. The fourth-order valence-corrected chi connectivity index (χ4v) is 3.46. The maximum absolute atomic E-state index is 12.6. The van der Waals surface area contributed by atoms with E-state index < -0.39 is 17.8 Å². The van der Waals surface area contributed by atoms with Crippen molar-refractivity contribution >= 4 is 17.6 Å². The minimum atomic E-state index is -0.969. The molecule has 0 spiro atoms. The summed E-state index contributed by atoms with van der Waals surface area (Å²) < 4.78 is 10.9. The van der Waals surface area contributed by atoms with Gasteiger partial charge in [0, 0.05) is 0 Å². The summed E-state index contributed by atoms with van der Waals surface area (Å²) in [5, 5.41) is 12.2. The fourth-order valence-electron chi connectivity index (χ4n) is 3.46. The third-order valence-electron chi connectivity index (χ3n) is 4.47. The molecule has 3 rings (SSSR count). The number of rotatable bonds is 4. The van der Waals surface area contributed by atoms with Crippen LogP contribution in [0.25, 0.3) is 0 Å². The van der Waals surface area contributed by atoms with Crippen molar-refractivity contribution in [3.05, 3.63) is 23.8 Å². The van der Waals surface area contributed by atoms with Crippen LogP contribution in [0.15, 0.2) is 18.2 Å². The van der Waals surface area contributed by atoms with Crippen LogP contribution in [0.4, 0.5) is 5.69 Å². The number of amides is 1. The molecular weight excluding hydrogens is 286 g/mol. The molecular formula is C16H19NO5. The van der Waals surface area contributed by atoms with Gasteiger partial charge in [-0.1, -0.05) is 6.07 Å². The lowest BCUT2D eigenvalue weighted by atomic mass is 9.78. The topological polar surface area (TPSA) is 84.9 Å². The summed E-state index contributed by atoms with van der Waals surface area (Å²) in [6, 6.07) is 5.46. The second-order valence-corrected chi connectivity index (χ2v) is 5.87. The quantitative estimate of drug-likeness (QED) is 0.886. The Labute approximate surface area is 128 Å². The van der Waals surface area contributed by atoms with E-state index in [0.29, 0.717) is 17.9 Å². The van der Waals surface area contributed by atoms with Crippen LogP contribution in [-0.2, 0) is 14.3 Å². The van der Waals surface area contributed by atoms with Crippen molar-refractivity contribution in [1.29, 1.82) is 0 Å². The number of carboxylic acids is 1. The van der Waals surface area contributed by atoms with E-state index in [9.17, 15) is 14.7 Å². The number of nitrogens with one attached hydrogen (secondary N) is 1. The molecule has 22 heavy (non-hydrogen) atoms. The number of fused-ring (bicyclic) bond motifs is 2. The first-order chi connectivity index (χ1) is 10.5. The number of hydrogen-bond donors (Lipinski definition) is 2. The third-order valence-corrected chi connectivity index (χ3v) is 4.47. The standard InChI is InChI=1S/C16H19NO5/c1-8-3-4-10(21-2)9(7-8)17-15(18)13-11-5-6-12(22-11)14(13)16(19)20/h3-4,7,11-14H,5-6H2,1-2H3,(H,17,18)(H,19,20). The van der Waals surface area contributed by atoms with Crippen LogP contribution in [0, 0.1) is 18.8 Å². The van der Waals surface area contributed by atoms with E-state index >= 15 is 0 Å². The van der Waals surface area contributed by atoms with Gasteiger partial charge in [0.2, 0.25) is 5.91 Å². The summed E-state index contributed by atoms with van der Waals surface area (Å²) in [5.41, 5.74) is 1.54. The summed E-state index contributed by atoms with van der Waals surface area (Å²) in [6.07, 6.45) is 0.788. The number of aryl methyl sites for hydroxylation is 1. The van der Waals surface area contributed by atoms with Crippen molar-refractivity contribution in [2.24, 2.45) is 11.8 Å². The van der Waals surface area contributed by atoms with Crippen molar-refractivity contribution in [3.63, 3.8) is 0 Å². The van der Waals surface area contributed by atoms with Crippen LogP contribution in [0.5, 0.6) is 5.75 Å². The molecule has 2 fully saturated rings. The third kappa shape index (κ3) is 2.43. The number of ether oxygens (including phenoxy) is 2. The molecule has 0 saturated carbocycles. The fraction of sp³-hybridized carbons (Fsp3) is 0.500. The predicted octanol–water partition coefficient (Wildman–Crippen LogP) is 1.82. The molecule has 6 heteroatoms.